The first kappa shape index (κ1) is 26.9. The second kappa shape index (κ2) is 10.9. The number of amides is 1. The molecule has 0 aliphatic carbocycles. The molecule has 2 aromatic carbocycles. The van der Waals surface area contributed by atoms with Crippen LogP contribution in [0, 0.1) is 13.8 Å². The molecule has 1 unspecified atom stereocenters. The number of aryl methyl sites for hydroxylation is 3. The number of aromatic nitrogens is 4. The minimum Gasteiger partial charge on any atom is -0.505 e. The Morgan fingerprint density at radius 3 is 2.44 bits per heavy atom. The van der Waals surface area contributed by atoms with Crippen LogP contribution in [-0.2, 0) is 21.8 Å². The first-order chi connectivity index (χ1) is 19.9. The number of Topliss-reactive ketones (excluding diaryl/α,β-unsaturated/α-hetero) is 1. The largest absolute Gasteiger partial charge is 0.505 e. The number of aliphatic hydroxyl groups excluding tert-OH is 1. The number of rotatable bonds is 7. The monoisotopic (exact) mass is 581 g/mol. The quantitative estimate of drug-likeness (QED) is 0.0793. The molecule has 0 spiro atoms. The molecule has 1 amide bonds. The summed E-state index contributed by atoms with van der Waals surface area (Å²) in [5, 5.41) is 20.6. The maximum atomic E-state index is 13.6. The zero-order valence-electron chi connectivity index (χ0n) is 22.7. The Hall–Kier alpha value is -4.28. The average molecular weight is 582 g/mol. The van der Waals surface area contributed by atoms with Gasteiger partial charge in [0.15, 0.2) is 10.1 Å². The Morgan fingerprint density at radius 1 is 0.976 bits per heavy atom. The van der Waals surface area contributed by atoms with Gasteiger partial charge in [-0.15, -0.1) is 10.2 Å². The van der Waals surface area contributed by atoms with Gasteiger partial charge >= 0.3 is 5.91 Å². The molecule has 8 nitrogen and oxygen atoms in total. The van der Waals surface area contributed by atoms with E-state index in [1.54, 1.807) is 17.5 Å². The lowest BCUT2D eigenvalue weighted by atomic mass is 9.95. The molecular weight excluding hydrogens is 555 g/mol. The highest BCUT2D eigenvalue weighted by molar-refractivity contribution is 8.00. The summed E-state index contributed by atoms with van der Waals surface area (Å²) in [6.45, 7) is 5.88. The van der Waals surface area contributed by atoms with Gasteiger partial charge in [0.1, 0.15) is 11.3 Å². The van der Waals surface area contributed by atoms with Gasteiger partial charge in [0.25, 0.3) is 5.78 Å². The van der Waals surface area contributed by atoms with Crippen LogP contribution in [0.5, 0.6) is 0 Å². The number of hydrogen-bond donors (Lipinski definition) is 1. The normalized spacial score (nSPS) is 16.7. The summed E-state index contributed by atoms with van der Waals surface area (Å²) in [6.07, 6.45) is 2.62. The van der Waals surface area contributed by atoms with E-state index in [0.717, 1.165) is 17.5 Å². The lowest BCUT2D eigenvalue weighted by Gasteiger charge is -2.22. The molecule has 5 aromatic rings. The van der Waals surface area contributed by atoms with Crippen LogP contribution in [0.15, 0.2) is 82.8 Å². The number of pyridine rings is 1. The zero-order chi connectivity index (χ0) is 28.7. The number of carbonyl (C=O) groups is 2. The molecular formula is C31H27N5O3S2. The van der Waals surface area contributed by atoms with E-state index in [0.29, 0.717) is 37.8 Å². The molecule has 41 heavy (non-hydrogen) atoms. The molecule has 1 N–H and O–H groups in total. The number of hydrogen-bond acceptors (Lipinski definition) is 8. The van der Waals surface area contributed by atoms with E-state index in [4.69, 9.17) is 0 Å². The number of ketones is 1. The van der Waals surface area contributed by atoms with Crippen LogP contribution >= 0.6 is 23.1 Å². The molecule has 1 aliphatic heterocycles. The third kappa shape index (κ3) is 4.93. The molecule has 1 fully saturated rings. The second-order valence-electron chi connectivity index (χ2n) is 9.86. The molecule has 6 rings (SSSR count). The predicted octanol–water partition coefficient (Wildman–Crippen LogP) is 6.28. The van der Waals surface area contributed by atoms with Gasteiger partial charge in [0, 0.05) is 11.9 Å². The maximum Gasteiger partial charge on any atom is 0.301 e. The van der Waals surface area contributed by atoms with Crippen LogP contribution in [-0.4, -0.2) is 36.4 Å². The van der Waals surface area contributed by atoms with Gasteiger partial charge < -0.3 is 5.11 Å². The number of nitrogens with zero attached hydrogens (tertiary/aromatic N) is 5. The zero-order valence-corrected chi connectivity index (χ0v) is 24.4. The second-order valence-corrected chi connectivity index (χ2v) is 12.0. The van der Waals surface area contributed by atoms with Crippen molar-refractivity contribution in [1.29, 1.82) is 0 Å². The molecule has 206 valence electrons. The van der Waals surface area contributed by atoms with E-state index < -0.39 is 17.7 Å². The molecule has 1 aliphatic rings. The van der Waals surface area contributed by atoms with E-state index in [9.17, 15) is 14.7 Å². The van der Waals surface area contributed by atoms with Crippen molar-refractivity contribution in [1.82, 2.24) is 19.6 Å². The number of anilines is 1. The number of aliphatic hydroxyl groups is 1. The number of thioether (sulfide) groups is 1. The Morgan fingerprint density at radius 2 is 1.71 bits per heavy atom. The maximum absolute atomic E-state index is 13.6. The minimum absolute atomic E-state index is 0.00272. The van der Waals surface area contributed by atoms with Gasteiger partial charge in [-0.2, -0.15) is 0 Å². The number of fused-ring (bicyclic) bond motifs is 1. The molecule has 0 bridgehead atoms. The highest BCUT2D eigenvalue weighted by Crippen LogP contribution is 2.44. The summed E-state index contributed by atoms with van der Waals surface area (Å²) in [5.41, 5.74) is 5.70. The molecule has 0 saturated carbocycles. The fourth-order valence-electron chi connectivity index (χ4n) is 4.99. The highest BCUT2D eigenvalue weighted by Gasteiger charge is 2.48. The van der Waals surface area contributed by atoms with E-state index in [1.807, 2.05) is 49.4 Å². The SMILES string of the molecule is CCc1ccc(C2/C(=C(\O)c3c(C)nc4ccccn34)C(=O)C(=O)N2c2nnc(SCc3ccc(C)cc3)s2)cc1. The van der Waals surface area contributed by atoms with Crippen molar-refractivity contribution in [2.24, 2.45) is 0 Å². The summed E-state index contributed by atoms with van der Waals surface area (Å²) < 4.78 is 2.40. The smallest absolute Gasteiger partial charge is 0.301 e. The van der Waals surface area contributed by atoms with Crippen LogP contribution in [0.25, 0.3) is 11.4 Å². The molecule has 0 radical (unpaired) electrons. The lowest BCUT2D eigenvalue weighted by molar-refractivity contribution is -0.132. The highest BCUT2D eigenvalue weighted by atomic mass is 32.2. The first-order valence-electron chi connectivity index (χ1n) is 13.2. The van der Waals surface area contributed by atoms with Gasteiger partial charge in [0.05, 0.1) is 17.3 Å². The topological polar surface area (TPSA) is 101 Å². The summed E-state index contributed by atoms with van der Waals surface area (Å²) >= 11 is 2.77. The van der Waals surface area contributed by atoms with Crippen molar-refractivity contribution in [2.45, 2.75) is 43.3 Å². The third-order valence-corrected chi connectivity index (χ3v) is 9.29. The first-order valence-corrected chi connectivity index (χ1v) is 15.0. The van der Waals surface area contributed by atoms with E-state index in [2.05, 4.69) is 46.4 Å². The van der Waals surface area contributed by atoms with Crippen molar-refractivity contribution < 1.29 is 14.7 Å². The third-order valence-electron chi connectivity index (χ3n) is 7.16. The van der Waals surface area contributed by atoms with Gasteiger partial charge in [-0.3, -0.25) is 18.9 Å². The van der Waals surface area contributed by atoms with E-state index in [1.165, 1.54) is 33.6 Å². The van der Waals surface area contributed by atoms with Crippen LogP contribution in [0.2, 0.25) is 0 Å². The molecule has 4 heterocycles. The molecule has 10 heteroatoms. The fourth-order valence-corrected chi connectivity index (χ4v) is 6.82. The van der Waals surface area contributed by atoms with E-state index >= 15 is 0 Å². The Bertz CT molecular complexity index is 1810. The minimum atomic E-state index is -0.877. The Kier molecular flexibility index (Phi) is 7.19. The molecule has 1 atom stereocenters. The van der Waals surface area contributed by atoms with Gasteiger partial charge in [0.2, 0.25) is 5.13 Å². The van der Waals surface area contributed by atoms with Gasteiger partial charge in [-0.25, -0.2) is 4.98 Å². The van der Waals surface area contributed by atoms with Crippen molar-refractivity contribution >= 4 is 51.3 Å². The van der Waals surface area contributed by atoms with Crippen molar-refractivity contribution in [2.75, 3.05) is 4.90 Å². The molecule has 1 saturated heterocycles. The number of imidazole rings is 1. The standard InChI is InChI=1S/C31H27N5O3S2/c1-4-20-12-14-22(15-13-20)26-24(27(37)25-19(3)32-23-7-5-6-16-35(23)25)28(38)29(39)36(26)30-33-34-31(41-30)40-17-21-10-8-18(2)9-11-21/h5-16,26,37H,4,17H2,1-3H3/b27-24+. The predicted molar refractivity (Wildman–Crippen MR) is 161 cm³/mol. The number of benzene rings is 2. The summed E-state index contributed by atoms with van der Waals surface area (Å²) in [6, 6.07) is 20.6. The van der Waals surface area contributed by atoms with Crippen molar-refractivity contribution in [3.8, 4) is 0 Å². The van der Waals surface area contributed by atoms with Crippen LogP contribution in [0.3, 0.4) is 0 Å². The fraction of sp³-hybridized carbons (Fsp3) is 0.194. The molecule has 3 aromatic heterocycles. The lowest BCUT2D eigenvalue weighted by Crippen LogP contribution is -2.29. The summed E-state index contributed by atoms with van der Waals surface area (Å²) in [4.78, 5) is 33.1. The van der Waals surface area contributed by atoms with Gasteiger partial charge in [-0.1, -0.05) is 90.2 Å². The van der Waals surface area contributed by atoms with Crippen LogP contribution < -0.4 is 4.90 Å². The summed E-state index contributed by atoms with van der Waals surface area (Å²) in [5.74, 6) is -1.11. The van der Waals surface area contributed by atoms with Crippen molar-refractivity contribution in [3.05, 3.63) is 112 Å². The number of carbonyl (C=O) groups excluding carboxylic acids is 2. The Labute approximate surface area is 245 Å². The summed E-state index contributed by atoms with van der Waals surface area (Å²) in [7, 11) is 0. The van der Waals surface area contributed by atoms with Crippen LogP contribution in [0.4, 0.5) is 5.13 Å². The Balaban J connectivity index is 1.43. The van der Waals surface area contributed by atoms with Gasteiger partial charge in [-0.05, 0) is 49.1 Å². The van der Waals surface area contributed by atoms with E-state index in [-0.39, 0.29) is 11.3 Å². The van der Waals surface area contributed by atoms with Crippen molar-refractivity contribution in [3.63, 3.8) is 0 Å². The average Bonchev–Trinajstić information content (AvgIpc) is 3.66. The van der Waals surface area contributed by atoms with Crippen LogP contribution in [0.1, 0.15) is 46.6 Å².